The minimum atomic E-state index is 0.370. The third-order valence-corrected chi connectivity index (χ3v) is 3.41. The summed E-state index contributed by atoms with van der Waals surface area (Å²) >= 11 is 4.80. The van der Waals surface area contributed by atoms with E-state index in [4.69, 9.17) is 11.0 Å². The molecule has 1 heterocycles. The van der Waals surface area contributed by atoms with Gasteiger partial charge in [0.05, 0.1) is 5.69 Å². The molecule has 2 N–H and O–H groups in total. The van der Waals surface area contributed by atoms with Crippen molar-refractivity contribution in [3.63, 3.8) is 0 Å². The summed E-state index contributed by atoms with van der Waals surface area (Å²) in [4.78, 5) is 0. The number of halogens is 1. The topological polar surface area (TPSA) is 67.6 Å². The molecule has 0 atom stereocenters. The number of anilines is 1. The lowest BCUT2D eigenvalue weighted by Crippen LogP contribution is -2.02. The first-order valence-electron chi connectivity index (χ1n) is 4.76. The predicted molar refractivity (Wildman–Crippen MR) is 72.2 cm³/mol. The molecule has 0 aliphatic rings. The fraction of sp³-hybridized carbons (Fsp3) is 0.0909. The average Bonchev–Trinajstić information content (AvgIpc) is 2.65. The lowest BCUT2D eigenvalue weighted by Gasteiger charge is -2.03. The van der Waals surface area contributed by atoms with Gasteiger partial charge in [-0.2, -0.15) is 10.4 Å². The molecule has 0 fully saturated rings. The molecule has 0 aliphatic carbocycles. The summed E-state index contributed by atoms with van der Waals surface area (Å²) in [5.74, 6) is 0.370. The third kappa shape index (κ3) is 2.16. The SMILES string of the molecule is CSc1nn(-c2cccc(Br)c2)c(N)c1C#N. The number of nitrogen functional groups attached to an aromatic ring is 1. The van der Waals surface area contributed by atoms with Crippen molar-refractivity contribution < 1.29 is 0 Å². The Balaban J connectivity index is 2.61. The number of nitrogens with zero attached hydrogens (tertiary/aromatic N) is 3. The molecular formula is C11H9BrN4S. The van der Waals surface area contributed by atoms with Gasteiger partial charge in [0.15, 0.2) is 0 Å². The first kappa shape index (κ1) is 12.0. The summed E-state index contributed by atoms with van der Waals surface area (Å²) in [6.45, 7) is 0. The van der Waals surface area contributed by atoms with Crippen molar-refractivity contribution in [2.45, 2.75) is 5.03 Å². The number of rotatable bonds is 2. The van der Waals surface area contributed by atoms with Crippen LogP contribution in [0.5, 0.6) is 0 Å². The Morgan fingerprint density at radius 2 is 2.29 bits per heavy atom. The van der Waals surface area contributed by atoms with Gasteiger partial charge in [-0.1, -0.05) is 22.0 Å². The molecule has 0 bridgehead atoms. The van der Waals surface area contributed by atoms with Crippen molar-refractivity contribution in [1.29, 1.82) is 5.26 Å². The van der Waals surface area contributed by atoms with Gasteiger partial charge < -0.3 is 5.73 Å². The van der Waals surface area contributed by atoms with Crippen molar-refractivity contribution in [1.82, 2.24) is 9.78 Å². The molecule has 6 heteroatoms. The van der Waals surface area contributed by atoms with Crippen LogP contribution in [0.15, 0.2) is 33.8 Å². The Bertz CT molecular complexity index is 600. The van der Waals surface area contributed by atoms with Gasteiger partial charge in [0, 0.05) is 4.47 Å². The molecule has 0 amide bonds. The van der Waals surface area contributed by atoms with E-state index in [2.05, 4.69) is 27.1 Å². The van der Waals surface area contributed by atoms with Gasteiger partial charge in [-0.25, -0.2) is 4.68 Å². The standard InChI is InChI=1S/C11H9BrN4S/c1-17-11-9(6-13)10(14)16(15-11)8-4-2-3-7(12)5-8/h2-5H,14H2,1H3. The maximum atomic E-state index is 9.04. The smallest absolute Gasteiger partial charge is 0.146 e. The average molecular weight is 309 g/mol. The number of aromatic nitrogens is 2. The van der Waals surface area contributed by atoms with Gasteiger partial charge >= 0.3 is 0 Å². The van der Waals surface area contributed by atoms with Crippen molar-refractivity contribution in [2.75, 3.05) is 12.0 Å². The van der Waals surface area contributed by atoms with Crippen LogP contribution in [0.2, 0.25) is 0 Å². The molecule has 2 rings (SSSR count). The van der Waals surface area contributed by atoms with Crippen molar-refractivity contribution >= 4 is 33.5 Å². The van der Waals surface area contributed by atoms with E-state index in [1.54, 1.807) is 4.68 Å². The number of nitrogens with two attached hydrogens (primary N) is 1. The van der Waals surface area contributed by atoms with E-state index in [0.29, 0.717) is 16.4 Å². The van der Waals surface area contributed by atoms with Crippen molar-refractivity contribution in [3.05, 3.63) is 34.3 Å². The third-order valence-electron chi connectivity index (χ3n) is 2.25. The number of benzene rings is 1. The number of hydrogen-bond donors (Lipinski definition) is 1. The molecule has 0 saturated carbocycles. The molecule has 0 radical (unpaired) electrons. The Kier molecular flexibility index (Phi) is 3.41. The van der Waals surface area contributed by atoms with Crippen molar-refractivity contribution in [2.24, 2.45) is 0 Å². The van der Waals surface area contributed by atoms with Gasteiger partial charge in [-0.05, 0) is 24.5 Å². The van der Waals surface area contributed by atoms with Gasteiger partial charge in [0.1, 0.15) is 22.5 Å². The summed E-state index contributed by atoms with van der Waals surface area (Å²) in [5.41, 5.74) is 7.18. The highest BCUT2D eigenvalue weighted by atomic mass is 79.9. The second-order valence-corrected chi connectivity index (χ2v) is 4.98. The van der Waals surface area contributed by atoms with Crippen LogP contribution in [0.4, 0.5) is 5.82 Å². The molecule has 1 aromatic carbocycles. The maximum absolute atomic E-state index is 9.04. The Morgan fingerprint density at radius 1 is 1.53 bits per heavy atom. The van der Waals surface area contributed by atoms with Crippen LogP contribution in [0.3, 0.4) is 0 Å². The van der Waals surface area contributed by atoms with Gasteiger partial charge in [0.2, 0.25) is 0 Å². The van der Waals surface area contributed by atoms with Crippen LogP contribution in [0.1, 0.15) is 5.56 Å². The normalized spacial score (nSPS) is 10.2. The van der Waals surface area contributed by atoms with Gasteiger partial charge in [-0.3, -0.25) is 0 Å². The number of hydrogen-bond acceptors (Lipinski definition) is 4. The zero-order chi connectivity index (χ0) is 12.4. The molecule has 4 nitrogen and oxygen atoms in total. The number of nitriles is 1. The van der Waals surface area contributed by atoms with E-state index in [9.17, 15) is 0 Å². The molecule has 0 aliphatic heterocycles. The van der Waals surface area contributed by atoms with E-state index in [1.165, 1.54) is 11.8 Å². The molecule has 0 saturated heterocycles. The molecular weight excluding hydrogens is 300 g/mol. The minimum absolute atomic E-state index is 0.370. The first-order valence-corrected chi connectivity index (χ1v) is 6.77. The lowest BCUT2D eigenvalue weighted by atomic mass is 10.3. The second kappa shape index (κ2) is 4.82. The highest BCUT2D eigenvalue weighted by Gasteiger charge is 2.15. The largest absolute Gasteiger partial charge is 0.382 e. The molecule has 0 unspecified atom stereocenters. The van der Waals surface area contributed by atoms with Crippen LogP contribution in [0, 0.1) is 11.3 Å². The van der Waals surface area contributed by atoms with Gasteiger partial charge in [0.25, 0.3) is 0 Å². The molecule has 2 aromatic rings. The molecule has 1 aromatic heterocycles. The highest BCUT2D eigenvalue weighted by Crippen LogP contribution is 2.27. The summed E-state index contributed by atoms with van der Waals surface area (Å²) in [5, 5.41) is 14.0. The lowest BCUT2D eigenvalue weighted by molar-refractivity contribution is 0.845. The monoisotopic (exact) mass is 308 g/mol. The summed E-state index contributed by atoms with van der Waals surface area (Å²) in [6.07, 6.45) is 1.87. The van der Waals surface area contributed by atoms with E-state index in [-0.39, 0.29) is 0 Å². The van der Waals surface area contributed by atoms with Crippen LogP contribution in [-0.4, -0.2) is 16.0 Å². The summed E-state index contributed by atoms with van der Waals surface area (Å²) in [6, 6.07) is 9.68. The van der Waals surface area contributed by atoms with Crippen LogP contribution in [0.25, 0.3) is 5.69 Å². The summed E-state index contributed by atoms with van der Waals surface area (Å²) < 4.78 is 2.52. The Hall–Kier alpha value is -1.45. The quantitative estimate of drug-likeness (QED) is 0.866. The van der Waals surface area contributed by atoms with E-state index in [1.807, 2.05) is 30.5 Å². The van der Waals surface area contributed by atoms with E-state index in [0.717, 1.165) is 10.2 Å². The predicted octanol–water partition coefficient (Wildman–Crippen LogP) is 2.81. The summed E-state index contributed by atoms with van der Waals surface area (Å²) in [7, 11) is 0. The molecule has 0 spiro atoms. The number of thioether (sulfide) groups is 1. The van der Waals surface area contributed by atoms with Crippen LogP contribution >= 0.6 is 27.7 Å². The molecule has 17 heavy (non-hydrogen) atoms. The van der Waals surface area contributed by atoms with Crippen LogP contribution in [-0.2, 0) is 0 Å². The Labute approximate surface area is 112 Å². The van der Waals surface area contributed by atoms with E-state index >= 15 is 0 Å². The highest BCUT2D eigenvalue weighted by molar-refractivity contribution is 9.10. The fourth-order valence-electron chi connectivity index (χ4n) is 1.46. The fourth-order valence-corrected chi connectivity index (χ4v) is 2.37. The zero-order valence-electron chi connectivity index (χ0n) is 9.01. The van der Waals surface area contributed by atoms with Crippen molar-refractivity contribution in [3.8, 4) is 11.8 Å². The zero-order valence-corrected chi connectivity index (χ0v) is 11.4. The Morgan fingerprint density at radius 3 is 2.82 bits per heavy atom. The van der Waals surface area contributed by atoms with Gasteiger partial charge in [-0.15, -0.1) is 11.8 Å². The maximum Gasteiger partial charge on any atom is 0.146 e. The second-order valence-electron chi connectivity index (χ2n) is 3.27. The van der Waals surface area contributed by atoms with Crippen LogP contribution < -0.4 is 5.73 Å². The van der Waals surface area contributed by atoms with E-state index < -0.39 is 0 Å². The first-order chi connectivity index (χ1) is 8.17. The molecule has 86 valence electrons. The minimum Gasteiger partial charge on any atom is -0.382 e.